The molecule has 0 spiro atoms. The van der Waals surface area contributed by atoms with Crippen LogP contribution in [0.15, 0.2) is 0 Å². The van der Waals surface area contributed by atoms with Crippen LogP contribution < -0.4 is 0 Å². The molecule has 1 fully saturated rings. The van der Waals surface area contributed by atoms with Gasteiger partial charge in [-0.2, -0.15) is 0 Å². The normalized spacial score (nSPS) is 28.1. The first-order chi connectivity index (χ1) is 8.17. The summed E-state index contributed by atoms with van der Waals surface area (Å²) in [5.41, 5.74) is -0.644. The minimum Gasteiger partial charge on any atom is -0.467 e. The van der Waals surface area contributed by atoms with Crippen molar-refractivity contribution in [2.24, 2.45) is 5.92 Å². The number of nitrogens with zero attached hydrogens (tertiary/aromatic N) is 1. The average Bonchev–Trinajstić information content (AvgIpc) is 2.52. The largest absolute Gasteiger partial charge is 0.467 e. The lowest BCUT2D eigenvalue weighted by atomic mass is 10.0. The third-order valence-electron chi connectivity index (χ3n) is 2.90. The number of carbonyl (C=O) groups is 2. The summed E-state index contributed by atoms with van der Waals surface area (Å²) < 4.78 is 9.88. The van der Waals surface area contributed by atoms with Gasteiger partial charge >= 0.3 is 12.1 Å². The number of aliphatic hydroxyl groups excluding tert-OH is 1. The molecule has 6 heteroatoms. The zero-order valence-corrected chi connectivity index (χ0v) is 11.5. The lowest BCUT2D eigenvalue weighted by molar-refractivity contribution is -0.147. The summed E-state index contributed by atoms with van der Waals surface area (Å²) in [7, 11) is 1.26. The number of ether oxygens (including phenoxy) is 2. The van der Waals surface area contributed by atoms with Crippen LogP contribution in [0.1, 0.15) is 27.7 Å². The van der Waals surface area contributed by atoms with Crippen LogP contribution in [0.5, 0.6) is 0 Å². The summed E-state index contributed by atoms with van der Waals surface area (Å²) in [6, 6.07) is -0.792. The Morgan fingerprint density at radius 1 is 1.33 bits per heavy atom. The van der Waals surface area contributed by atoms with E-state index in [1.165, 1.54) is 12.0 Å². The van der Waals surface area contributed by atoms with Gasteiger partial charge in [0.2, 0.25) is 0 Å². The average molecular weight is 259 g/mol. The van der Waals surface area contributed by atoms with Crippen molar-refractivity contribution in [1.29, 1.82) is 0 Å². The van der Waals surface area contributed by atoms with Crippen LogP contribution >= 0.6 is 0 Å². The zero-order valence-electron chi connectivity index (χ0n) is 11.5. The molecular weight excluding hydrogens is 238 g/mol. The Morgan fingerprint density at radius 3 is 2.33 bits per heavy atom. The van der Waals surface area contributed by atoms with Gasteiger partial charge in [0.05, 0.1) is 19.8 Å². The highest BCUT2D eigenvalue weighted by molar-refractivity contribution is 5.82. The highest BCUT2D eigenvalue weighted by Gasteiger charge is 2.46. The second kappa shape index (κ2) is 5.14. The maximum atomic E-state index is 12.0. The van der Waals surface area contributed by atoms with Crippen LogP contribution in [0, 0.1) is 5.92 Å². The van der Waals surface area contributed by atoms with Gasteiger partial charge in [0.25, 0.3) is 0 Å². The van der Waals surface area contributed by atoms with E-state index in [-0.39, 0.29) is 12.5 Å². The molecule has 104 valence electrons. The molecule has 0 aromatic rings. The minimum absolute atomic E-state index is 0.0792. The number of hydrogen-bond donors (Lipinski definition) is 1. The van der Waals surface area contributed by atoms with E-state index in [0.29, 0.717) is 0 Å². The molecule has 1 saturated heterocycles. The molecule has 1 heterocycles. The van der Waals surface area contributed by atoms with Gasteiger partial charge in [-0.3, -0.25) is 4.90 Å². The second-order valence-corrected chi connectivity index (χ2v) is 5.53. The Bertz CT molecular complexity index is 336. The quantitative estimate of drug-likeness (QED) is 0.704. The van der Waals surface area contributed by atoms with Gasteiger partial charge < -0.3 is 14.6 Å². The van der Waals surface area contributed by atoms with Gasteiger partial charge in [0.15, 0.2) is 0 Å². The van der Waals surface area contributed by atoms with Crippen LogP contribution in [-0.4, -0.2) is 53.5 Å². The monoisotopic (exact) mass is 259 g/mol. The van der Waals surface area contributed by atoms with Crippen molar-refractivity contribution in [3.05, 3.63) is 0 Å². The summed E-state index contributed by atoms with van der Waals surface area (Å²) in [5, 5.41) is 9.77. The molecule has 1 aliphatic rings. The van der Waals surface area contributed by atoms with Crippen LogP contribution in [0.3, 0.4) is 0 Å². The molecule has 0 aromatic carbocycles. The summed E-state index contributed by atoms with van der Waals surface area (Å²) in [4.78, 5) is 24.9. The molecule has 0 aliphatic carbocycles. The van der Waals surface area contributed by atoms with Gasteiger partial charge in [-0.1, -0.05) is 6.92 Å². The number of amides is 1. The fraction of sp³-hybridized carbons (Fsp3) is 0.833. The number of carbonyl (C=O) groups excluding carboxylic acids is 2. The molecular formula is C12H21NO5. The molecule has 1 aliphatic heterocycles. The molecule has 18 heavy (non-hydrogen) atoms. The topological polar surface area (TPSA) is 76.1 Å². The van der Waals surface area contributed by atoms with E-state index >= 15 is 0 Å². The summed E-state index contributed by atoms with van der Waals surface area (Å²) in [5.74, 6) is -0.908. The number of aliphatic hydroxyl groups is 1. The van der Waals surface area contributed by atoms with Gasteiger partial charge in [-0.05, 0) is 20.8 Å². The highest BCUT2D eigenvalue weighted by atomic mass is 16.6. The van der Waals surface area contributed by atoms with Gasteiger partial charge in [0, 0.05) is 5.92 Å². The fourth-order valence-electron chi connectivity index (χ4n) is 1.95. The van der Waals surface area contributed by atoms with Crippen molar-refractivity contribution in [2.45, 2.75) is 45.4 Å². The molecule has 0 unspecified atom stereocenters. The van der Waals surface area contributed by atoms with Crippen molar-refractivity contribution in [2.75, 3.05) is 13.7 Å². The Kier molecular flexibility index (Phi) is 4.21. The number of esters is 1. The predicted octanol–water partition coefficient (Wildman–Crippen LogP) is 0.776. The maximum absolute atomic E-state index is 12.0. The van der Waals surface area contributed by atoms with Crippen LogP contribution in [-0.2, 0) is 14.3 Å². The van der Waals surface area contributed by atoms with Gasteiger partial charge in [0.1, 0.15) is 11.6 Å². The Hall–Kier alpha value is -1.30. The van der Waals surface area contributed by atoms with Gasteiger partial charge in [-0.15, -0.1) is 0 Å². The van der Waals surface area contributed by atoms with E-state index in [9.17, 15) is 14.7 Å². The number of hydrogen-bond acceptors (Lipinski definition) is 5. The van der Waals surface area contributed by atoms with Crippen molar-refractivity contribution in [3.63, 3.8) is 0 Å². The lowest BCUT2D eigenvalue weighted by Crippen LogP contribution is -2.45. The molecule has 0 bridgehead atoms. The summed E-state index contributed by atoms with van der Waals surface area (Å²) >= 11 is 0. The molecule has 6 nitrogen and oxygen atoms in total. The van der Waals surface area contributed by atoms with Crippen molar-refractivity contribution < 1.29 is 24.2 Å². The first-order valence-corrected chi connectivity index (χ1v) is 5.93. The van der Waals surface area contributed by atoms with E-state index in [0.717, 1.165) is 0 Å². The Labute approximate surface area is 107 Å². The van der Waals surface area contributed by atoms with Crippen molar-refractivity contribution >= 4 is 12.1 Å². The predicted molar refractivity (Wildman–Crippen MR) is 63.9 cm³/mol. The van der Waals surface area contributed by atoms with E-state index in [1.54, 1.807) is 27.7 Å². The third kappa shape index (κ3) is 3.13. The Balaban J connectivity index is 2.86. The molecule has 0 radical (unpaired) electrons. The smallest absolute Gasteiger partial charge is 0.411 e. The Morgan fingerprint density at radius 2 is 1.89 bits per heavy atom. The van der Waals surface area contributed by atoms with Crippen LogP contribution in [0.25, 0.3) is 0 Å². The number of likely N-dealkylation sites (tertiary alicyclic amines) is 1. The molecule has 0 saturated carbocycles. The summed E-state index contributed by atoms with van der Waals surface area (Å²) in [6.07, 6.45) is -1.36. The lowest BCUT2D eigenvalue weighted by Gasteiger charge is -2.28. The van der Waals surface area contributed by atoms with E-state index in [2.05, 4.69) is 4.74 Å². The van der Waals surface area contributed by atoms with E-state index in [4.69, 9.17) is 4.74 Å². The SMILES string of the molecule is COC(=O)[C@@H]1[C@@H](C)[C@@H](O)CN1C(=O)OC(C)(C)C. The third-order valence-corrected chi connectivity index (χ3v) is 2.90. The van der Waals surface area contributed by atoms with Crippen molar-refractivity contribution in [3.8, 4) is 0 Å². The molecule has 3 atom stereocenters. The molecule has 1 rings (SSSR count). The highest BCUT2D eigenvalue weighted by Crippen LogP contribution is 2.27. The fourth-order valence-corrected chi connectivity index (χ4v) is 1.95. The first-order valence-electron chi connectivity index (χ1n) is 5.93. The van der Waals surface area contributed by atoms with Crippen LogP contribution in [0.2, 0.25) is 0 Å². The molecule has 1 N–H and O–H groups in total. The molecule has 0 aromatic heterocycles. The number of methoxy groups -OCH3 is 1. The standard InChI is InChI=1S/C12H21NO5/c1-7-8(14)6-13(9(7)10(15)17-5)11(16)18-12(2,3)4/h7-9,14H,6H2,1-5H3/t7-,8-,9-/m0/s1. The van der Waals surface area contributed by atoms with Crippen molar-refractivity contribution in [1.82, 2.24) is 4.90 Å². The number of rotatable bonds is 1. The maximum Gasteiger partial charge on any atom is 0.411 e. The number of β-amino-alcohol motifs (C(OH)–C–C–N with tert-alkyl or cyclic N) is 1. The summed E-state index contributed by atoms with van der Waals surface area (Å²) in [6.45, 7) is 7.02. The van der Waals surface area contributed by atoms with E-state index < -0.39 is 29.8 Å². The second-order valence-electron chi connectivity index (χ2n) is 5.53. The zero-order chi connectivity index (χ0) is 14.1. The first kappa shape index (κ1) is 14.8. The van der Waals surface area contributed by atoms with Crippen LogP contribution in [0.4, 0.5) is 4.79 Å². The van der Waals surface area contributed by atoms with E-state index in [1.807, 2.05) is 0 Å². The van der Waals surface area contributed by atoms with Gasteiger partial charge in [-0.25, -0.2) is 9.59 Å². The molecule has 1 amide bonds. The minimum atomic E-state index is -0.792.